The van der Waals surface area contributed by atoms with Crippen LogP contribution in [0, 0.1) is 5.82 Å². The lowest BCUT2D eigenvalue weighted by atomic mass is 9.84. The molecule has 1 heterocycles. The van der Waals surface area contributed by atoms with Crippen molar-refractivity contribution in [3.8, 4) is 5.69 Å². The minimum atomic E-state index is -0.898. The highest BCUT2D eigenvalue weighted by atomic mass is 19.1. The minimum Gasteiger partial charge on any atom is -0.395 e. The number of rotatable bonds is 5. The number of carbonyl (C=O) groups is 1. The number of benzene rings is 2. The van der Waals surface area contributed by atoms with Crippen LogP contribution in [0.2, 0.25) is 0 Å². The maximum atomic E-state index is 13.6. The molecule has 3 aromatic rings. The van der Waals surface area contributed by atoms with Crippen LogP contribution in [0.25, 0.3) is 16.6 Å². The van der Waals surface area contributed by atoms with E-state index in [1.165, 1.54) is 18.3 Å². The second-order valence-electron chi connectivity index (χ2n) is 6.69. The highest BCUT2D eigenvalue weighted by Crippen LogP contribution is 2.25. The number of nitrogens with zero attached hydrogens (tertiary/aromatic N) is 1. The van der Waals surface area contributed by atoms with Crippen LogP contribution in [-0.2, 0) is 5.41 Å². The molecule has 140 valence electrons. The first-order valence-corrected chi connectivity index (χ1v) is 8.28. The lowest BCUT2D eigenvalue weighted by Gasteiger charge is -2.25. The van der Waals surface area contributed by atoms with Crippen LogP contribution in [0.5, 0.6) is 0 Å². The Morgan fingerprint density at radius 2 is 1.78 bits per heavy atom. The van der Waals surface area contributed by atoms with Gasteiger partial charge in [-0.3, -0.25) is 9.59 Å². The zero-order chi connectivity index (χ0) is 19.8. The molecule has 0 aliphatic heterocycles. The monoisotopic (exact) mass is 370 g/mol. The lowest BCUT2D eigenvalue weighted by Crippen LogP contribution is -2.30. The summed E-state index contributed by atoms with van der Waals surface area (Å²) >= 11 is 0. The number of halogens is 1. The largest absolute Gasteiger partial charge is 0.395 e. The van der Waals surface area contributed by atoms with Crippen molar-refractivity contribution < 1.29 is 19.4 Å². The Hall–Kier alpha value is -3.03. The molecule has 27 heavy (non-hydrogen) atoms. The van der Waals surface area contributed by atoms with Gasteiger partial charge in [-0.25, -0.2) is 4.39 Å². The number of aromatic nitrogens is 1. The second kappa shape index (κ2) is 6.94. The molecule has 4 N–H and O–H groups in total. The predicted molar refractivity (Wildman–Crippen MR) is 99.5 cm³/mol. The van der Waals surface area contributed by atoms with E-state index in [4.69, 9.17) is 5.73 Å². The summed E-state index contributed by atoms with van der Waals surface area (Å²) in [4.78, 5) is 24.1. The molecule has 0 saturated heterocycles. The van der Waals surface area contributed by atoms with Gasteiger partial charge in [0, 0.05) is 22.7 Å². The first kappa shape index (κ1) is 18.8. The Morgan fingerprint density at radius 3 is 2.33 bits per heavy atom. The number of nitrogens with two attached hydrogens (primary N) is 1. The standard InChI is InChI=1S/C20H19FN2O4/c1-20(10-24,11-25)12-2-5-14(6-3-12)23-9-16(19(22)27)18(26)15-8-13(21)4-7-17(15)23/h2-9,24-25H,10-11H2,1H3,(H2,22,27). The predicted octanol–water partition coefficient (Wildman–Crippen LogP) is 1.47. The van der Waals surface area contributed by atoms with E-state index in [1.807, 2.05) is 0 Å². The maximum absolute atomic E-state index is 13.6. The summed E-state index contributed by atoms with van der Waals surface area (Å²) in [6.45, 7) is 1.27. The molecule has 0 atom stereocenters. The number of carbonyl (C=O) groups excluding carboxylic acids is 1. The Bertz CT molecular complexity index is 1070. The fraction of sp³-hybridized carbons (Fsp3) is 0.200. The molecule has 0 bridgehead atoms. The number of primary amides is 1. The molecule has 0 aliphatic rings. The van der Waals surface area contributed by atoms with Crippen LogP contribution in [0.4, 0.5) is 4.39 Å². The maximum Gasteiger partial charge on any atom is 0.254 e. The van der Waals surface area contributed by atoms with Crippen molar-refractivity contribution in [1.82, 2.24) is 4.57 Å². The van der Waals surface area contributed by atoms with Crippen LogP contribution >= 0.6 is 0 Å². The van der Waals surface area contributed by atoms with Crippen molar-refractivity contribution in [3.63, 3.8) is 0 Å². The number of amides is 1. The third-order valence-electron chi connectivity index (χ3n) is 4.77. The number of aliphatic hydroxyl groups excluding tert-OH is 2. The Kier molecular flexibility index (Phi) is 4.82. The van der Waals surface area contributed by atoms with Crippen molar-refractivity contribution in [2.75, 3.05) is 13.2 Å². The average Bonchev–Trinajstić information content (AvgIpc) is 2.68. The quantitative estimate of drug-likeness (QED) is 0.632. The fourth-order valence-electron chi connectivity index (χ4n) is 2.95. The third kappa shape index (κ3) is 3.22. The fourth-order valence-corrected chi connectivity index (χ4v) is 2.95. The number of hydrogen-bond acceptors (Lipinski definition) is 4. The lowest BCUT2D eigenvalue weighted by molar-refractivity contribution is 0.0999. The van der Waals surface area contributed by atoms with E-state index in [-0.39, 0.29) is 24.2 Å². The first-order chi connectivity index (χ1) is 12.8. The molecule has 0 spiro atoms. The second-order valence-corrected chi connectivity index (χ2v) is 6.69. The van der Waals surface area contributed by atoms with E-state index in [0.717, 1.165) is 11.6 Å². The Morgan fingerprint density at radius 1 is 1.15 bits per heavy atom. The van der Waals surface area contributed by atoms with Crippen LogP contribution in [-0.4, -0.2) is 33.9 Å². The number of pyridine rings is 1. The van der Waals surface area contributed by atoms with Gasteiger partial charge in [0.1, 0.15) is 11.4 Å². The molecule has 1 aromatic heterocycles. The van der Waals surface area contributed by atoms with Gasteiger partial charge >= 0.3 is 0 Å². The molecule has 3 rings (SSSR count). The molecule has 0 unspecified atom stereocenters. The minimum absolute atomic E-state index is 0.0472. The average molecular weight is 370 g/mol. The van der Waals surface area contributed by atoms with Crippen LogP contribution in [0.1, 0.15) is 22.8 Å². The smallest absolute Gasteiger partial charge is 0.254 e. The topological polar surface area (TPSA) is 106 Å². The normalized spacial score (nSPS) is 11.7. The van der Waals surface area contributed by atoms with E-state index < -0.39 is 22.6 Å². The van der Waals surface area contributed by atoms with Crippen molar-refractivity contribution in [3.05, 3.63) is 75.8 Å². The molecule has 0 fully saturated rings. The first-order valence-electron chi connectivity index (χ1n) is 8.28. The summed E-state index contributed by atoms with van der Waals surface area (Å²) in [5, 5.41) is 19.1. The Labute approximate surface area is 154 Å². The van der Waals surface area contributed by atoms with Gasteiger partial charge in [-0.1, -0.05) is 19.1 Å². The van der Waals surface area contributed by atoms with E-state index in [0.29, 0.717) is 11.2 Å². The number of aliphatic hydroxyl groups is 2. The van der Waals surface area contributed by atoms with Gasteiger partial charge in [0.25, 0.3) is 5.91 Å². The summed E-state index contributed by atoms with van der Waals surface area (Å²) in [6, 6.07) is 10.7. The molecule has 0 radical (unpaired) electrons. The van der Waals surface area contributed by atoms with E-state index in [2.05, 4.69) is 0 Å². The molecular formula is C20H19FN2O4. The number of hydrogen-bond donors (Lipinski definition) is 3. The summed E-state index contributed by atoms with van der Waals surface area (Å²) in [5.74, 6) is -1.49. The third-order valence-corrected chi connectivity index (χ3v) is 4.77. The van der Waals surface area contributed by atoms with Gasteiger partial charge in [-0.15, -0.1) is 0 Å². The van der Waals surface area contributed by atoms with Crippen molar-refractivity contribution in [2.24, 2.45) is 5.73 Å². The van der Waals surface area contributed by atoms with Crippen molar-refractivity contribution >= 4 is 16.8 Å². The van der Waals surface area contributed by atoms with Crippen LogP contribution in [0.3, 0.4) is 0 Å². The van der Waals surface area contributed by atoms with Crippen LogP contribution < -0.4 is 11.2 Å². The van der Waals surface area contributed by atoms with Gasteiger partial charge in [0.2, 0.25) is 5.43 Å². The number of fused-ring (bicyclic) bond motifs is 1. The molecule has 7 heteroatoms. The summed E-state index contributed by atoms with van der Waals surface area (Å²) < 4.78 is 15.2. The summed E-state index contributed by atoms with van der Waals surface area (Å²) in [6.07, 6.45) is 1.33. The van der Waals surface area contributed by atoms with Gasteiger partial charge in [-0.05, 0) is 35.9 Å². The zero-order valence-corrected chi connectivity index (χ0v) is 14.6. The highest BCUT2D eigenvalue weighted by molar-refractivity contribution is 5.96. The van der Waals surface area contributed by atoms with Crippen molar-refractivity contribution in [2.45, 2.75) is 12.3 Å². The summed E-state index contributed by atoms with van der Waals surface area (Å²) in [5.41, 5.74) is 5.39. The highest BCUT2D eigenvalue weighted by Gasteiger charge is 2.25. The van der Waals surface area contributed by atoms with Gasteiger partial charge in [0.15, 0.2) is 0 Å². The van der Waals surface area contributed by atoms with Crippen LogP contribution in [0.15, 0.2) is 53.5 Å². The molecule has 2 aromatic carbocycles. The van der Waals surface area contributed by atoms with E-state index >= 15 is 0 Å². The SMILES string of the molecule is CC(CO)(CO)c1ccc(-n2cc(C(N)=O)c(=O)c3cc(F)ccc32)cc1. The van der Waals surface area contributed by atoms with Gasteiger partial charge in [-0.2, -0.15) is 0 Å². The Balaban J connectivity index is 2.24. The summed E-state index contributed by atoms with van der Waals surface area (Å²) in [7, 11) is 0. The zero-order valence-electron chi connectivity index (χ0n) is 14.6. The van der Waals surface area contributed by atoms with Crippen molar-refractivity contribution in [1.29, 1.82) is 0 Å². The molecular weight excluding hydrogens is 351 g/mol. The molecule has 0 saturated carbocycles. The van der Waals surface area contributed by atoms with Gasteiger partial charge < -0.3 is 20.5 Å². The molecule has 6 nitrogen and oxygen atoms in total. The van der Waals surface area contributed by atoms with E-state index in [9.17, 15) is 24.2 Å². The van der Waals surface area contributed by atoms with Gasteiger partial charge in [0.05, 0.1) is 18.7 Å². The van der Waals surface area contributed by atoms with E-state index in [1.54, 1.807) is 35.8 Å². The molecule has 0 aliphatic carbocycles. The molecule has 1 amide bonds.